The highest BCUT2D eigenvalue weighted by Gasteiger charge is 2.39. The normalized spacial score (nSPS) is 19.6. The fraction of sp³-hybridized carbons (Fsp3) is 0.407. The number of amides is 6. The minimum atomic E-state index is -0.688. The first-order chi connectivity index (χ1) is 35.5. The van der Waals surface area contributed by atoms with Crippen molar-refractivity contribution in [1.29, 1.82) is 0 Å². The van der Waals surface area contributed by atoms with Gasteiger partial charge in [0.05, 0.1) is 12.4 Å². The third kappa shape index (κ3) is 11.5. The minimum absolute atomic E-state index is 0.167. The molecule has 4 N–H and O–H groups in total. The maximum absolute atomic E-state index is 13.6. The molecule has 19 nitrogen and oxygen atoms in total. The Hall–Kier alpha value is -7.45. The molecule has 3 fully saturated rings. The number of carbonyl (C=O) groups is 6. The van der Waals surface area contributed by atoms with Crippen LogP contribution in [0, 0.1) is 0 Å². The number of carbonyl (C=O) groups excluding carboxylic acids is 6. The van der Waals surface area contributed by atoms with Crippen molar-refractivity contribution < 1.29 is 33.5 Å². The Kier molecular flexibility index (Phi) is 14.1. The van der Waals surface area contributed by atoms with Crippen LogP contribution in [0.15, 0.2) is 95.1 Å². The van der Waals surface area contributed by atoms with Gasteiger partial charge in [-0.2, -0.15) is 0 Å². The lowest BCUT2D eigenvalue weighted by atomic mass is 9.90. The van der Waals surface area contributed by atoms with Gasteiger partial charge in [0, 0.05) is 92.1 Å². The van der Waals surface area contributed by atoms with E-state index in [-0.39, 0.29) is 54.4 Å². The van der Waals surface area contributed by atoms with Crippen LogP contribution in [0.2, 0.25) is 0 Å². The van der Waals surface area contributed by atoms with Crippen molar-refractivity contribution in [3.8, 4) is 0 Å². The zero-order valence-corrected chi connectivity index (χ0v) is 42.8. The van der Waals surface area contributed by atoms with Gasteiger partial charge >= 0.3 is 6.09 Å². The highest BCUT2D eigenvalue weighted by Crippen LogP contribution is 2.33. The number of nitrogens with one attached hydrogen (secondary N) is 4. The molecule has 3 aromatic carbocycles. The van der Waals surface area contributed by atoms with Gasteiger partial charge in [-0.15, -0.1) is 10.2 Å². The van der Waals surface area contributed by atoms with Gasteiger partial charge in [0.15, 0.2) is 11.5 Å². The molecule has 5 aromatic rings. The Morgan fingerprint density at radius 3 is 2.32 bits per heavy atom. The first-order valence-corrected chi connectivity index (χ1v) is 26.0. The molecular formula is C54H60N12O7S. The smallest absolute Gasteiger partial charge is 0.408 e. The summed E-state index contributed by atoms with van der Waals surface area (Å²) in [7, 11) is 0. The van der Waals surface area contributed by atoms with Crippen LogP contribution in [-0.4, -0.2) is 128 Å². The molecule has 0 bridgehead atoms. The van der Waals surface area contributed by atoms with E-state index in [1.165, 1.54) is 27.8 Å². The number of nitrogens with zero attached hydrogens (tertiary/aromatic N) is 8. The van der Waals surface area contributed by atoms with Gasteiger partial charge in [-0.05, 0) is 131 Å². The summed E-state index contributed by atoms with van der Waals surface area (Å²) in [5.41, 5.74) is 5.12. The van der Waals surface area contributed by atoms with Crippen LogP contribution < -0.4 is 31.1 Å². The minimum Gasteiger partial charge on any atom is -0.444 e. The van der Waals surface area contributed by atoms with Crippen LogP contribution in [0.3, 0.4) is 0 Å². The molecule has 2 atom stereocenters. The summed E-state index contributed by atoms with van der Waals surface area (Å²) < 4.78 is 5.47. The van der Waals surface area contributed by atoms with Crippen LogP contribution in [0.4, 0.5) is 22.1 Å². The number of benzene rings is 3. The molecule has 384 valence electrons. The number of anilines is 3. The summed E-state index contributed by atoms with van der Waals surface area (Å²) in [6.45, 7) is 12.7. The van der Waals surface area contributed by atoms with Crippen molar-refractivity contribution >= 4 is 64.7 Å². The van der Waals surface area contributed by atoms with E-state index in [1.54, 1.807) is 30.6 Å². The summed E-state index contributed by atoms with van der Waals surface area (Å²) >= 11 is 1.47. The number of hydrogen-bond donors (Lipinski definition) is 4. The molecule has 0 radical (unpaired) electrons. The number of aromatic nitrogens is 4. The molecule has 2 aromatic heterocycles. The number of hydrogen-bond acceptors (Lipinski definition) is 15. The SMILES string of the molecule is CC1(NC(=O)OC(C)(C)C)CCN(c2cnc(Sc3cccc(NC(=O)c4ccc5c(c4)CC(N4CCN(c6ccc(C(=O)NCc7ccc8c(c7)CN(C7CCC(=O)NC7=O)C8=O)nn6)CC4)C5)c3)cn2)CC1. The first-order valence-electron chi connectivity index (χ1n) is 25.2. The summed E-state index contributed by atoms with van der Waals surface area (Å²) in [6, 6.07) is 22.2. The maximum atomic E-state index is 13.6. The van der Waals surface area contributed by atoms with E-state index < -0.39 is 23.6 Å². The fourth-order valence-electron chi connectivity index (χ4n) is 10.3. The number of piperazine rings is 1. The topological polar surface area (TPSA) is 224 Å². The van der Waals surface area contributed by atoms with Crippen molar-refractivity contribution in [2.24, 2.45) is 0 Å². The van der Waals surface area contributed by atoms with Gasteiger partial charge in [-0.3, -0.25) is 34.2 Å². The quantitative estimate of drug-likeness (QED) is 0.113. The lowest BCUT2D eigenvalue weighted by molar-refractivity contribution is -0.136. The number of imide groups is 1. The second-order valence-electron chi connectivity index (χ2n) is 20.9. The molecule has 6 amide bonds. The molecule has 5 aliphatic rings. The van der Waals surface area contributed by atoms with E-state index in [2.05, 4.69) is 57.2 Å². The van der Waals surface area contributed by atoms with Crippen molar-refractivity contribution in [2.45, 2.75) is 112 Å². The van der Waals surface area contributed by atoms with E-state index in [0.29, 0.717) is 35.1 Å². The second-order valence-corrected chi connectivity index (χ2v) is 22.0. The number of rotatable bonds is 12. The lowest BCUT2D eigenvalue weighted by Gasteiger charge is -2.40. The van der Waals surface area contributed by atoms with Crippen LogP contribution in [0.25, 0.3) is 0 Å². The van der Waals surface area contributed by atoms with Crippen LogP contribution in [0.1, 0.15) is 107 Å². The largest absolute Gasteiger partial charge is 0.444 e. The molecule has 10 rings (SSSR count). The van der Waals surface area contributed by atoms with Gasteiger partial charge in [-0.25, -0.2) is 14.8 Å². The molecule has 3 saturated heterocycles. The van der Waals surface area contributed by atoms with Crippen molar-refractivity contribution in [3.05, 3.63) is 124 Å². The zero-order valence-electron chi connectivity index (χ0n) is 42.0. The first kappa shape index (κ1) is 50.1. The molecule has 0 saturated carbocycles. The number of fused-ring (bicyclic) bond motifs is 2. The fourth-order valence-corrected chi connectivity index (χ4v) is 11.1. The summed E-state index contributed by atoms with van der Waals surface area (Å²) in [6.07, 6.45) is 6.92. The van der Waals surface area contributed by atoms with E-state index in [0.717, 1.165) is 91.8 Å². The van der Waals surface area contributed by atoms with E-state index in [1.807, 2.05) is 76.2 Å². The maximum Gasteiger partial charge on any atom is 0.408 e. The monoisotopic (exact) mass is 1020 g/mol. The lowest BCUT2D eigenvalue weighted by Crippen LogP contribution is -2.54. The molecule has 2 unspecified atom stereocenters. The summed E-state index contributed by atoms with van der Waals surface area (Å²) in [5.74, 6) is -0.0728. The van der Waals surface area contributed by atoms with E-state index in [4.69, 9.17) is 9.72 Å². The molecule has 0 spiro atoms. The highest BCUT2D eigenvalue weighted by molar-refractivity contribution is 7.99. The Morgan fingerprint density at radius 1 is 0.811 bits per heavy atom. The Morgan fingerprint density at radius 2 is 1.59 bits per heavy atom. The van der Waals surface area contributed by atoms with Crippen LogP contribution >= 0.6 is 11.8 Å². The third-order valence-corrected chi connectivity index (χ3v) is 15.3. The predicted molar refractivity (Wildman–Crippen MR) is 277 cm³/mol. The molecule has 1 aliphatic carbocycles. The van der Waals surface area contributed by atoms with Gasteiger partial charge in [0.2, 0.25) is 11.8 Å². The molecule has 4 aliphatic heterocycles. The Labute approximate surface area is 433 Å². The Balaban J connectivity index is 0.657. The van der Waals surface area contributed by atoms with E-state index in [9.17, 15) is 28.8 Å². The molecular weight excluding hydrogens is 961 g/mol. The second kappa shape index (κ2) is 20.8. The van der Waals surface area contributed by atoms with Gasteiger partial charge < -0.3 is 35.4 Å². The van der Waals surface area contributed by atoms with Crippen molar-refractivity contribution in [1.82, 2.24) is 45.9 Å². The zero-order chi connectivity index (χ0) is 51.7. The Bertz CT molecular complexity index is 2990. The number of piperidine rings is 2. The molecule has 74 heavy (non-hydrogen) atoms. The van der Waals surface area contributed by atoms with Gasteiger partial charge in [0.1, 0.15) is 22.5 Å². The number of alkyl carbamates (subject to hydrolysis) is 1. The molecule has 6 heterocycles. The third-order valence-electron chi connectivity index (χ3n) is 14.4. The van der Waals surface area contributed by atoms with E-state index >= 15 is 0 Å². The van der Waals surface area contributed by atoms with Crippen LogP contribution in [-0.2, 0) is 40.3 Å². The van der Waals surface area contributed by atoms with Crippen molar-refractivity contribution in [3.63, 3.8) is 0 Å². The average molecular weight is 1020 g/mol. The van der Waals surface area contributed by atoms with Crippen molar-refractivity contribution in [2.75, 3.05) is 54.4 Å². The highest BCUT2D eigenvalue weighted by atomic mass is 32.2. The standard InChI is InChI=1S/C54H60N12O7S/c1-53(2,3)73-52(72)60-54(4)16-18-64(19-17-54)45-30-56-47(31-55-45)74-40-7-5-6-38(28-40)58-48(68)35-10-9-34-26-39(27-36(34)25-35)63-20-22-65(23-21-63)44-14-12-42(61-62-44)49(69)57-29-33-8-11-41-37(24-33)32-66(51(41)71)43-13-15-46(67)59-50(43)70/h5-12,14,24-25,28,30-31,39,43H,13,15-23,26-27,29,32H2,1-4H3,(H,57,69)(H,58,68)(H,60,72)(H,59,67,70). The van der Waals surface area contributed by atoms with Gasteiger partial charge in [0.25, 0.3) is 17.7 Å². The van der Waals surface area contributed by atoms with Crippen LogP contribution in [0.5, 0.6) is 0 Å². The van der Waals surface area contributed by atoms with Gasteiger partial charge in [-0.1, -0.05) is 36.0 Å². The number of ether oxygens (including phenoxy) is 1. The molecule has 20 heteroatoms. The average Bonchev–Trinajstić information content (AvgIpc) is 3.95. The summed E-state index contributed by atoms with van der Waals surface area (Å²) in [5, 5.41) is 20.8. The summed E-state index contributed by atoms with van der Waals surface area (Å²) in [4.78, 5) is 94.9. The predicted octanol–water partition coefficient (Wildman–Crippen LogP) is 5.53.